The second-order valence-corrected chi connectivity index (χ2v) is 5.94. The maximum Gasteiger partial charge on any atom is 0.104 e. The Morgan fingerprint density at radius 3 is 2.05 bits per heavy atom. The third-order valence-electron chi connectivity index (χ3n) is 4.01. The number of hydrogen-bond donors (Lipinski definition) is 0. The Morgan fingerprint density at radius 2 is 1.53 bits per heavy atom. The maximum atomic E-state index is 5.86. The van der Waals surface area contributed by atoms with Crippen molar-refractivity contribution in [1.82, 2.24) is 0 Å². The molecule has 1 rings (SSSR count). The standard InChI is InChI=1S/C17H34O2/c1-3-5-6-7-8-9-10-11-12-13-16(4-2)18-14-17-15-19-17/h16-17H,3-15H2,1-2H3. The van der Waals surface area contributed by atoms with Gasteiger partial charge in [-0.3, -0.25) is 0 Å². The molecule has 1 aliphatic rings. The third kappa shape index (κ3) is 10.4. The lowest BCUT2D eigenvalue weighted by Crippen LogP contribution is -2.15. The Kier molecular flexibility index (Phi) is 10.5. The van der Waals surface area contributed by atoms with Gasteiger partial charge >= 0.3 is 0 Å². The molecule has 0 radical (unpaired) electrons. The molecule has 2 heteroatoms. The van der Waals surface area contributed by atoms with Crippen molar-refractivity contribution in [2.24, 2.45) is 0 Å². The van der Waals surface area contributed by atoms with Crippen LogP contribution in [0, 0.1) is 0 Å². The summed E-state index contributed by atoms with van der Waals surface area (Å²) in [6.45, 7) is 6.23. The summed E-state index contributed by atoms with van der Waals surface area (Å²) in [5, 5.41) is 0. The highest BCUT2D eigenvalue weighted by molar-refractivity contribution is 4.69. The van der Waals surface area contributed by atoms with Crippen molar-refractivity contribution in [2.75, 3.05) is 13.2 Å². The largest absolute Gasteiger partial charge is 0.375 e. The molecule has 1 saturated heterocycles. The predicted molar refractivity (Wildman–Crippen MR) is 81.6 cm³/mol. The summed E-state index contributed by atoms with van der Waals surface area (Å²) in [5.41, 5.74) is 0. The lowest BCUT2D eigenvalue weighted by atomic mass is 10.0. The van der Waals surface area contributed by atoms with Gasteiger partial charge in [0, 0.05) is 0 Å². The summed E-state index contributed by atoms with van der Waals surface area (Å²) >= 11 is 0. The van der Waals surface area contributed by atoms with Crippen molar-refractivity contribution in [3.05, 3.63) is 0 Å². The zero-order valence-electron chi connectivity index (χ0n) is 13.2. The minimum atomic E-state index is 0.414. The van der Waals surface area contributed by atoms with Gasteiger partial charge in [0.25, 0.3) is 0 Å². The van der Waals surface area contributed by atoms with Gasteiger partial charge in [0.05, 0.1) is 19.3 Å². The molecular weight excluding hydrogens is 236 g/mol. The number of hydrogen-bond acceptors (Lipinski definition) is 2. The molecule has 0 amide bonds. The van der Waals surface area contributed by atoms with Crippen LogP contribution in [0.1, 0.15) is 84.5 Å². The average Bonchev–Trinajstić information content (AvgIpc) is 3.24. The molecule has 0 N–H and O–H groups in total. The fourth-order valence-electron chi connectivity index (χ4n) is 2.50. The summed E-state index contributed by atoms with van der Waals surface area (Å²) < 4.78 is 11.0. The number of rotatable bonds is 14. The van der Waals surface area contributed by atoms with Crippen LogP contribution in [0.4, 0.5) is 0 Å². The molecule has 2 nitrogen and oxygen atoms in total. The maximum absolute atomic E-state index is 5.86. The van der Waals surface area contributed by atoms with E-state index in [4.69, 9.17) is 9.47 Å². The van der Waals surface area contributed by atoms with Gasteiger partial charge in [0.2, 0.25) is 0 Å². The van der Waals surface area contributed by atoms with Crippen molar-refractivity contribution < 1.29 is 9.47 Å². The van der Waals surface area contributed by atoms with E-state index in [2.05, 4.69) is 13.8 Å². The van der Waals surface area contributed by atoms with E-state index in [-0.39, 0.29) is 0 Å². The number of unbranched alkanes of at least 4 members (excludes halogenated alkanes) is 8. The van der Waals surface area contributed by atoms with Crippen LogP contribution in [0.5, 0.6) is 0 Å². The minimum Gasteiger partial charge on any atom is -0.375 e. The molecule has 2 atom stereocenters. The van der Waals surface area contributed by atoms with Crippen molar-refractivity contribution >= 4 is 0 Å². The molecule has 2 unspecified atom stereocenters. The summed E-state index contributed by atoms with van der Waals surface area (Å²) in [5.74, 6) is 0. The molecule has 1 fully saturated rings. The molecule has 1 heterocycles. The highest BCUT2D eigenvalue weighted by Gasteiger charge is 2.23. The van der Waals surface area contributed by atoms with E-state index < -0.39 is 0 Å². The highest BCUT2D eigenvalue weighted by atomic mass is 16.6. The first-order valence-corrected chi connectivity index (χ1v) is 8.60. The molecule has 1 aliphatic heterocycles. The molecular formula is C17H34O2. The second-order valence-electron chi connectivity index (χ2n) is 5.94. The van der Waals surface area contributed by atoms with Gasteiger partial charge in [-0.1, -0.05) is 71.6 Å². The normalized spacial score (nSPS) is 19.6. The smallest absolute Gasteiger partial charge is 0.104 e. The van der Waals surface area contributed by atoms with Crippen molar-refractivity contribution in [2.45, 2.75) is 96.7 Å². The molecule has 0 aromatic heterocycles. The van der Waals surface area contributed by atoms with Gasteiger partial charge in [-0.25, -0.2) is 0 Å². The van der Waals surface area contributed by atoms with Gasteiger partial charge in [-0.15, -0.1) is 0 Å². The summed E-state index contributed by atoms with van der Waals surface area (Å²) in [4.78, 5) is 0. The van der Waals surface area contributed by atoms with Gasteiger partial charge in [0.15, 0.2) is 0 Å². The first-order chi connectivity index (χ1) is 9.36. The summed E-state index contributed by atoms with van der Waals surface area (Å²) in [6.07, 6.45) is 15.9. The van der Waals surface area contributed by atoms with Gasteiger partial charge in [0.1, 0.15) is 6.10 Å². The van der Waals surface area contributed by atoms with E-state index in [1.165, 1.54) is 64.2 Å². The monoisotopic (exact) mass is 270 g/mol. The fraction of sp³-hybridized carbons (Fsp3) is 1.00. The van der Waals surface area contributed by atoms with E-state index in [0.29, 0.717) is 12.2 Å². The highest BCUT2D eigenvalue weighted by Crippen LogP contribution is 2.16. The van der Waals surface area contributed by atoms with Crippen molar-refractivity contribution in [3.63, 3.8) is 0 Å². The van der Waals surface area contributed by atoms with Crippen LogP contribution < -0.4 is 0 Å². The lowest BCUT2D eigenvalue weighted by Gasteiger charge is -2.15. The molecule has 0 spiro atoms. The summed E-state index contributed by atoms with van der Waals surface area (Å²) in [7, 11) is 0. The van der Waals surface area contributed by atoms with Crippen molar-refractivity contribution in [3.8, 4) is 0 Å². The Balaban J connectivity index is 1.79. The van der Waals surface area contributed by atoms with E-state index in [1.807, 2.05) is 0 Å². The van der Waals surface area contributed by atoms with Crippen LogP contribution >= 0.6 is 0 Å². The van der Waals surface area contributed by atoms with E-state index in [1.54, 1.807) is 0 Å². The SMILES string of the molecule is CCCCCCCCCCCC(CC)OCC1CO1. The first-order valence-electron chi connectivity index (χ1n) is 8.60. The molecule has 0 aromatic carbocycles. The average molecular weight is 270 g/mol. The van der Waals surface area contributed by atoms with Crippen molar-refractivity contribution in [1.29, 1.82) is 0 Å². The molecule has 19 heavy (non-hydrogen) atoms. The molecule has 0 aromatic rings. The Morgan fingerprint density at radius 1 is 0.947 bits per heavy atom. The van der Waals surface area contributed by atoms with E-state index in [9.17, 15) is 0 Å². The Hall–Kier alpha value is -0.0800. The molecule has 0 bridgehead atoms. The van der Waals surface area contributed by atoms with Crippen LogP contribution in [-0.2, 0) is 9.47 Å². The quantitative estimate of drug-likeness (QED) is 0.323. The van der Waals surface area contributed by atoms with E-state index in [0.717, 1.165) is 19.6 Å². The van der Waals surface area contributed by atoms with Gasteiger partial charge in [-0.05, 0) is 12.8 Å². The number of ether oxygens (including phenoxy) is 2. The van der Waals surface area contributed by atoms with E-state index >= 15 is 0 Å². The molecule has 114 valence electrons. The predicted octanol–water partition coefficient (Wildman–Crippen LogP) is 5.10. The Bertz CT molecular complexity index is 190. The number of epoxide rings is 1. The summed E-state index contributed by atoms with van der Waals surface area (Å²) in [6, 6.07) is 0. The third-order valence-corrected chi connectivity index (χ3v) is 4.01. The van der Waals surface area contributed by atoms with Crippen LogP contribution in [0.25, 0.3) is 0 Å². The van der Waals surface area contributed by atoms with Crippen LogP contribution in [0.3, 0.4) is 0 Å². The fourth-order valence-corrected chi connectivity index (χ4v) is 2.50. The Labute approximate surface area is 120 Å². The topological polar surface area (TPSA) is 21.8 Å². The van der Waals surface area contributed by atoms with Gasteiger partial charge in [-0.2, -0.15) is 0 Å². The van der Waals surface area contributed by atoms with Crippen LogP contribution in [-0.4, -0.2) is 25.4 Å². The van der Waals surface area contributed by atoms with Crippen LogP contribution in [0.15, 0.2) is 0 Å². The second kappa shape index (κ2) is 11.7. The minimum absolute atomic E-state index is 0.414. The zero-order chi connectivity index (χ0) is 13.8. The first kappa shape index (κ1) is 17.0. The molecule has 0 saturated carbocycles. The van der Waals surface area contributed by atoms with Crippen LogP contribution in [0.2, 0.25) is 0 Å². The van der Waals surface area contributed by atoms with Gasteiger partial charge < -0.3 is 9.47 Å². The lowest BCUT2D eigenvalue weighted by molar-refractivity contribution is 0.0334. The zero-order valence-corrected chi connectivity index (χ0v) is 13.2. The molecule has 0 aliphatic carbocycles.